The van der Waals surface area contributed by atoms with Crippen LogP contribution < -0.4 is 15.8 Å². The molecule has 0 bridgehead atoms. The summed E-state index contributed by atoms with van der Waals surface area (Å²) in [5.74, 6) is 3.12. The molecule has 2 unspecified atom stereocenters. The minimum atomic E-state index is 0.381. The van der Waals surface area contributed by atoms with Crippen LogP contribution in [0.15, 0.2) is 6.33 Å². The molecule has 0 amide bonds. The first-order chi connectivity index (χ1) is 8.60. The van der Waals surface area contributed by atoms with Gasteiger partial charge in [-0.15, -0.1) is 0 Å². The van der Waals surface area contributed by atoms with Crippen molar-refractivity contribution in [2.24, 2.45) is 11.8 Å². The third-order valence-corrected chi connectivity index (χ3v) is 3.55. The molecule has 0 spiro atoms. The predicted molar refractivity (Wildman–Crippen MR) is 72.6 cm³/mol. The lowest BCUT2D eigenvalue weighted by Gasteiger charge is -2.32. The summed E-state index contributed by atoms with van der Waals surface area (Å²) in [5.41, 5.74) is 5.78. The molecule has 2 atom stereocenters. The van der Waals surface area contributed by atoms with Crippen LogP contribution in [0.5, 0.6) is 5.75 Å². The van der Waals surface area contributed by atoms with Crippen molar-refractivity contribution in [3.05, 3.63) is 6.33 Å². The molecule has 1 saturated carbocycles. The van der Waals surface area contributed by atoms with Gasteiger partial charge in [-0.05, 0) is 31.1 Å². The standard InChI is InChI=1S/C13H22N4O/c1-8-4-9(2)6-10(5-8)17-13-11(18-3)12(14)15-7-16-13/h7-10H,4-6H2,1-3H3,(H3,14,15,16,17). The Morgan fingerprint density at radius 2 is 1.89 bits per heavy atom. The highest BCUT2D eigenvalue weighted by Crippen LogP contribution is 2.33. The summed E-state index contributed by atoms with van der Waals surface area (Å²) in [6.45, 7) is 4.60. The normalized spacial score (nSPS) is 27.8. The van der Waals surface area contributed by atoms with Crippen LogP contribution >= 0.6 is 0 Å². The maximum atomic E-state index is 5.78. The molecule has 5 nitrogen and oxygen atoms in total. The number of rotatable bonds is 3. The number of nitrogens with two attached hydrogens (primary N) is 1. The quantitative estimate of drug-likeness (QED) is 0.861. The Labute approximate surface area is 108 Å². The topological polar surface area (TPSA) is 73.1 Å². The molecule has 1 aromatic heterocycles. The second-order valence-corrected chi connectivity index (χ2v) is 5.40. The van der Waals surface area contributed by atoms with E-state index in [0.717, 1.165) is 24.7 Å². The van der Waals surface area contributed by atoms with Crippen molar-refractivity contribution in [1.29, 1.82) is 0 Å². The minimum Gasteiger partial charge on any atom is -0.490 e. The van der Waals surface area contributed by atoms with Gasteiger partial charge in [0.15, 0.2) is 11.6 Å². The van der Waals surface area contributed by atoms with Gasteiger partial charge in [0, 0.05) is 6.04 Å². The maximum absolute atomic E-state index is 5.78. The van der Waals surface area contributed by atoms with Crippen LogP contribution in [0, 0.1) is 11.8 Å². The number of hydrogen-bond acceptors (Lipinski definition) is 5. The number of aromatic nitrogens is 2. The lowest BCUT2D eigenvalue weighted by atomic mass is 9.80. The summed E-state index contributed by atoms with van der Waals surface area (Å²) in [6, 6.07) is 0.437. The van der Waals surface area contributed by atoms with Crippen LogP contribution in [0.4, 0.5) is 11.6 Å². The van der Waals surface area contributed by atoms with Gasteiger partial charge in [-0.2, -0.15) is 0 Å². The molecule has 100 valence electrons. The lowest BCUT2D eigenvalue weighted by Crippen LogP contribution is -2.30. The van der Waals surface area contributed by atoms with Crippen molar-refractivity contribution in [2.45, 2.75) is 39.2 Å². The molecule has 0 saturated heterocycles. The van der Waals surface area contributed by atoms with Gasteiger partial charge in [0.1, 0.15) is 6.33 Å². The number of nitrogens with one attached hydrogen (secondary N) is 1. The number of methoxy groups -OCH3 is 1. The highest BCUT2D eigenvalue weighted by atomic mass is 16.5. The largest absolute Gasteiger partial charge is 0.490 e. The summed E-state index contributed by atoms with van der Waals surface area (Å²) >= 11 is 0. The van der Waals surface area contributed by atoms with Crippen LogP contribution in [0.25, 0.3) is 0 Å². The van der Waals surface area contributed by atoms with Gasteiger partial charge in [0.2, 0.25) is 5.75 Å². The van der Waals surface area contributed by atoms with Gasteiger partial charge in [0.25, 0.3) is 0 Å². The lowest BCUT2D eigenvalue weighted by molar-refractivity contribution is 0.280. The first kappa shape index (κ1) is 12.9. The Kier molecular flexibility index (Phi) is 3.89. The highest BCUT2D eigenvalue weighted by molar-refractivity contribution is 5.61. The molecule has 18 heavy (non-hydrogen) atoms. The fourth-order valence-electron chi connectivity index (χ4n) is 2.95. The van der Waals surface area contributed by atoms with E-state index in [0.29, 0.717) is 23.4 Å². The predicted octanol–water partition coefficient (Wildman–Crippen LogP) is 2.30. The summed E-state index contributed by atoms with van der Waals surface area (Å²) in [5, 5.41) is 3.45. The monoisotopic (exact) mass is 250 g/mol. The minimum absolute atomic E-state index is 0.381. The highest BCUT2D eigenvalue weighted by Gasteiger charge is 2.25. The van der Waals surface area contributed by atoms with Crippen molar-refractivity contribution in [3.8, 4) is 5.75 Å². The molecule has 2 rings (SSSR count). The Morgan fingerprint density at radius 1 is 1.22 bits per heavy atom. The smallest absolute Gasteiger partial charge is 0.203 e. The number of ether oxygens (including phenoxy) is 1. The molecule has 5 heteroatoms. The third kappa shape index (κ3) is 2.83. The molecule has 3 N–H and O–H groups in total. The molecule has 0 radical (unpaired) electrons. The average molecular weight is 250 g/mol. The average Bonchev–Trinajstić information content (AvgIpc) is 2.27. The molecule has 1 aliphatic rings. The summed E-state index contributed by atoms with van der Waals surface area (Å²) in [4.78, 5) is 8.16. The van der Waals surface area contributed by atoms with Gasteiger partial charge in [-0.3, -0.25) is 0 Å². The Hall–Kier alpha value is -1.52. The first-order valence-electron chi connectivity index (χ1n) is 6.51. The van der Waals surface area contributed by atoms with Gasteiger partial charge >= 0.3 is 0 Å². The van der Waals surface area contributed by atoms with E-state index in [4.69, 9.17) is 10.5 Å². The molecular formula is C13H22N4O. The van der Waals surface area contributed by atoms with E-state index >= 15 is 0 Å². The van der Waals surface area contributed by atoms with E-state index in [1.54, 1.807) is 7.11 Å². The maximum Gasteiger partial charge on any atom is 0.203 e. The summed E-state index contributed by atoms with van der Waals surface area (Å²) in [6.07, 6.45) is 5.10. The van der Waals surface area contributed by atoms with Crippen LogP contribution in [0.1, 0.15) is 33.1 Å². The second kappa shape index (κ2) is 5.42. The fourth-order valence-corrected chi connectivity index (χ4v) is 2.95. The molecule has 0 aromatic carbocycles. The van der Waals surface area contributed by atoms with Crippen LogP contribution in [0.2, 0.25) is 0 Å². The zero-order valence-electron chi connectivity index (χ0n) is 11.3. The summed E-state index contributed by atoms with van der Waals surface area (Å²) < 4.78 is 5.26. The Bertz CT molecular complexity index is 400. The van der Waals surface area contributed by atoms with E-state index in [-0.39, 0.29) is 0 Å². The van der Waals surface area contributed by atoms with Gasteiger partial charge in [-0.1, -0.05) is 13.8 Å². The van der Waals surface area contributed by atoms with Gasteiger partial charge in [-0.25, -0.2) is 9.97 Å². The number of hydrogen-bond donors (Lipinski definition) is 2. The fraction of sp³-hybridized carbons (Fsp3) is 0.692. The van der Waals surface area contributed by atoms with E-state index in [9.17, 15) is 0 Å². The van der Waals surface area contributed by atoms with Gasteiger partial charge < -0.3 is 15.8 Å². The van der Waals surface area contributed by atoms with Crippen LogP contribution in [-0.2, 0) is 0 Å². The third-order valence-electron chi connectivity index (χ3n) is 3.55. The Balaban J connectivity index is 2.11. The van der Waals surface area contributed by atoms with Crippen LogP contribution in [-0.4, -0.2) is 23.1 Å². The molecular weight excluding hydrogens is 228 g/mol. The van der Waals surface area contributed by atoms with E-state index in [2.05, 4.69) is 29.1 Å². The second-order valence-electron chi connectivity index (χ2n) is 5.40. The van der Waals surface area contributed by atoms with E-state index in [1.165, 1.54) is 12.7 Å². The molecule has 1 aliphatic carbocycles. The number of nitrogens with zero attached hydrogens (tertiary/aromatic N) is 2. The number of nitrogen functional groups attached to an aromatic ring is 1. The van der Waals surface area contributed by atoms with Gasteiger partial charge in [0.05, 0.1) is 7.11 Å². The number of anilines is 2. The van der Waals surface area contributed by atoms with Crippen LogP contribution in [0.3, 0.4) is 0 Å². The van der Waals surface area contributed by atoms with Crippen molar-refractivity contribution in [3.63, 3.8) is 0 Å². The van der Waals surface area contributed by atoms with E-state index < -0.39 is 0 Å². The zero-order chi connectivity index (χ0) is 13.1. The Morgan fingerprint density at radius 3 is 2.50 bits per heavy atom. The molecule has 1 aromatic rings. The zero-order valence-corrected chi connectivity index (χ0v) is 11.3. The molecule has 1 fully saturated rings. The van der Waals surface area contributed by atoms with Crippen molar-refractivity contribution in [1.82, 2.24) is 9.97 Å². The van der Waals surface area contributed by atoms with E-state index in [1.807, 2.05) is 0 Å². The first-order valence-corrected chi connectivity index (χ1v) is 6.51. The molecule has 0 aliphatic heterocycles. The van der Waals surface area contributed by atoms with Crippen molar-refractivity contribution < 1.29 is 4.74 Å². The SMILES string of the molecule is COc1c(N)ncnc1NC1CC(C)CC(C)C1. The summed E-state index contributed by atoms with van der Waals surface area (Å²) in [7, 11) is 1.59. The molecule has 1 heterocycles. The van der Waals surface area contributed by atoms with Crippen molar-refractivity contribution >= 4 is 11.6 Å². The van der Waals surface area contributed by atoms with Crippen molar-refractivity contribution in [2.75, 3.05) is 18.2 Å².